The lowest BCUT2D eigenvalue weighted by atomic mass is 9.93. The van der Waals surface area contributed by atoms with Gasteiger partial charge in [0.05, 0.1) is 6.16 Å². The Labute approximate surface area is 254 Å². The van der Waals surface area contributed by atoms with Crippen molar-refractivity contribution in [3.05, 3.63) is 71.8 Å². The molecular weight excluding hydrogens is 571 g/mol. The van der Waals surface area contributed by atoms with Crippen molar-refractivity contribution >= 4 is 25.6 Å². The van der Waals surface area contributed by atoms with Gasteiger partial charge in [0.1, 0.15) is 19.3 Å². The van der Waals surface area contributed by atoms with Crippen molar-refractivity contribution in [3.8, 4) is 0 Å². The Morgan fingerprint density at radius 1 is 0.907 bits per heavy atom. The Bertz CT molecular complexity index is 1170. The SMILES string of the molecule is O=C(O)CN(C(=O)C(CCCCNC(=O)OCc1ccccc1)OP(=O)(O)CCCCc1ccccc1)C1CCCCC1. The first-order chi connectivity index (χ1) is 20.7. The maximum absolute atomic E-state index is 13.7. The van der Waals surface area contributed by atoms with Crippen molar-refractivity contribution < 1.29 is 38.2 Å². The van der Waals surface area contributed by atoms with Crippen LogP contribution in [-0.2, 0) is 36.4 Å². The Hall–Kier alpha value is -3.20. The molecule has 10 nitrogen and oxygen atoms in total. The van der Waals surface area contributed by atoms with Crippen LogP contribution in [0.1, 0.15) is 75.3 Å². The van der Waals surface area contributed by atoms with Crippen molar-refractivity contribution in [2.75, 3.05) is 19.3 Å². The Morgan fingerprint density at radius 2 is 1.56 bits per heavy atom. The molecule has 2 aromatic rings. The molecule has 2 amide bonds. The minimum absolute atomic E-state index is 0.0964. The summed E-state index contributed by atoms with van der Waals surface area (Å²) < 4.78 is 23.9. The second-order valence-corrected chi connectivity index (χ2v) is 13.0. The van der Waals surface area contributed by atoms with Gasteiger partial charge in [0.15, 0.2) is 0 Å². The molecule has 236 valence electrons. The van der Waals surface area contributed by atoms with Gasteiger partial charge in [0.2, 0.25) is 0 Å². The summed E-state index contributed by atoms with van der Waals surface area (Å²) in [6.07, 6.45) is 5.19. The quantitative estimate of drug-likeness (QED) is 0.138. The van der Waals surface area contributed by atoms with Crippen LogP contribution in [0.4, 0.5) is 4.79 Å². The normalized spacial score (nSPS) is 15.7. The predicted molar refractivity (Wildman–Crippen MR) is 164 cm³/mol. The number of rotatable bonds is 18. The van der Waals surface area contributed by atoms with E-state index in [4.69, 9.17) is 9.26 Å². The van der Waals surface area contributed by atoms with E-state index in [9.17, 15) is 28.9 Å². The average molecular weight is 617 g/mol. The van der Waals surface area contributed by atoms with Gasteiger partial charge in [-0.25, -0.2) is 4.79 Å². The van der Waals surface area contributed by atoms with Crippen LogP contribution < -0.4 is 5.32 Å². The van der Waals surface area contributed by atoms with E-state index in [1.54, 1.807) is 0 Å². The zero-order chi connectivity index (χ0) is 30.9. The molecule has 1 fully saturated rings. The predicted octanol–water partition coefficient (Wildman–Crippen LogP) is 5.92. The number of hydrogen-bond donors (Lipinski definition) is 3. The van der Waals surface area contributed by atoms with E-state index in [-0.39, 0.29) is 31.8 Å². The molecule has 0 heterocycles. The van der Waals surface area contributed by atoms with Crippen LogP contribution in [0.15, 0.2) is 60.7 Å². The number of carboxylic acid groups (broad SMARTS) is 1. The largest absolute Gasteiger partial charge is 0.480 e. The molecule has 11 heteroatoms. The first kappa shape index (κ1) is 34.3. The van der Waals surface area contributed by atoms with Crippen LogP contribution in [0.5, 0.6) is 0 Å². The van der Waals surface area contributed by atoms with Crippen molar-refractivity contribution in [1.82, 2.24) is 10.2 Å². The van der Waals surface area contributed by atoms with Crippen LogP contribution >= 0.6 is 7.60 Å². The van der Waals surface area contributed by atoms with E-state index >= 15 is 0 Å². The number of amides is 2. The van der Waals surface area contributed by atoms with Gasteiger partial charge in [-0.2, -0.15) is 0 Å². The summed E-state index contributed by atoms with van der Waals surface area (Å²) in [6, 6.07) is 18.9. The number of carboxylic acids is 1. The molecule has 2 atom stereocenters. The van der Waals surface area contributed by atoms with E-state index in [1.165, 1.54) is 4.90 Å². The molecule has 2 unspecified atom stereocenters. The summed E-state index contributed by atoms with van der Waals surface area (Å²) in [4.78, 5) is 49.4. The zero-order valence-corrected chi connectivity index (χ0v) is 25.7. The number of hydrogen-bond acceptors (Lipinski definition) is 6. The molecule has 0 aliphatic heterocycles. The number of alkyl carbamates (subject to hydrolysis) is 1. The molecule has 0 saturated heterocycles. The maximum Gasteiger partial charge on any atom is 0.407 e. The Morgan fingerprint density at radius 3 is 2.21 bits per heavy atom. The summed E-state index contributed by atoms with van der Waals surface area (Å²) in [6.45, 7) is -0.0496. The highest BCUT2D eigenvalue weighted by atomic mass is 31.2. The summed E-state index contributed by atoms with van der Waals surface area (Å²) in [7, 11) is -4.13. The highest BCUT2D eigenvalue weighted by Crippen LogP contribution is 2.45. The summed E-state index contributed by atoms with van der Waals surface area (Å²) in [5, 5.41) is 12.2. The van der Waals surface area contributed by atoms with E-state index in [1.807, 2.05) is 60.7 Å². The number of ether oxygens (including phenoxy) is 1. The van der Waals surface area contributed by atoms with Gasteiger partial charge in [0, 0.05) is 12.6 Å². The third-order valence-electron chi connectivity index (χ3n) is 7.55. The van der Waals surface area contributed by atoms with Crippen LogP contribution in [-0.4, -0.2) is 64.3 Å². The van der Waals surface area contributed by atoms with Crippen molar-refractivity contribution in [2.45, 2.75) is 89.4 Å². The molecule has 0 radical (unpaired) electrons. The molecule has 43 heavy (non-hydrogen) atoms. The van der Waals surface area contributed by atoms with Crippen LogP contribution in [0.2, 0.25) is 0 Å². The smallest absolute Gasteiger partial charge is 0.407 e. The fourth-order valence-electron chi connectivity index (χ4n) is 5.29. The molecule has 0 aromatic heterocycles. The fraction of sp³-hybridized carbons (Fsp3) is 0.531. The molecule has 1 aliphatic rings. The standard InChI is InChI=1S/C32H45N2O8P/c35-30(36)24-34(28-19-8-3-9-20-28)31(37)29(42-43(39,40)23-13-11-16-26-14-4-1-5-15-26)21-10-12-22-33-32(38)41-25-27-17-6-2-7-18-27/h1-2,4-7,14-15,17-18,28-29H,3,8-13,16,19-25H2,(H,33,38)(H,35,36)(H,39,40). The first-order valence-electron chi connectivity index (χ1n) is 15.2. The number of aliphatic carboxylic acids is 1. The summed E-state index contributed by atoms with van der Waals surface area (Å²) in [5.41, 5.74) is 2.01. The van der Waals surface area contributed by atoms with Crippen LogP contribution in [0, 0.1) is 0 Å². The number of benzene rings is 2. The minimum Gasteiger partial charge on any atom is -0.480 e. The highest BCUT2D eigenvalue weighted by Gasteiger charge is 2.36. The second-order valence-electron chi connectivity index (χ2n) is 11.0. The Balaban J connectivity index is 1.55. The summed E-state index contributed by atoms with van der Waals surface area (Å²) in [5.74, 6) is -1.70. The van der Waals surface area contributed by atoms with Gasteiger partial charge < -0.3 is 25.0 Å². The third-order valence-corrected chi connectivity index (χ3v) is 9.01. The highest BCUT2D eigenvalue weighted by molar-refractivity contribution is 7.52. The minimum atomic E-state index is -4.13. The monoisotopic (exact) mass is 616 g/mol. The number of nitrogens with one attached hydrogen (secondary N) is 1. The molecule has 0 bridgehead atoms. The van der Waals surface area contributed by atoms with Crippen LogP contribution in [0.3, 0.4) is 0 Å². The van der Waals surface area contributed by atoms with E-state index in [0.717, 1.165) is 36.8 Å². The number of unbranched alkanes of at least 4 members (excludes halogenated alkanes) is 2. The second kappa shape index (κ2) is 18.5. The molecule has 1 aliphatic carbocycles. The van der Waals surface area contributed by atoms with E-state index in [2.05, 4.69) is 5.32 Å². The van der Waals surface area contributed by atoms with E-state index < -0.39 is 38.2 Å². The van der Waals surface area contributed by atoms with E-state index in [0.29, 0.717) is 38.5 Å². The van der Waals surface area contributed by atoms with Gasteiger partial charge >= 0.3 is 19.7 Å². The lowest BCUT2D eigenvalue weighted by Gasteiger charge is -2.35. The summed E-state index contributed by atoms with van der Waals surface area (Å²) >= 11 is 0. The molecule has 0 spiro atoms. The molecule has 2 aromatic carbocycles. The molecule has 3 rings (SSSR count). The van der Waals surface area contributed by atoms with Gasteiger partial charge in [-0.3, -0.25) is 18.7 Å². The number of nitrogens with zero attached hydrogens (tertiary/aromatic N) is 1. The van der Waals surface area contributed by atoms with Gasteiger partial charge in [-0.05, 0) is 62.5 Å². The molecule has 3 N–H and O–H groups in total. The first-order valence-corrected chi connectivity index (χ1v) is 17.0. The average Bonchev–Trinajstić information content (AvgIpc) is 3.01. The zero-order valence-electron chi connectivity index (χ0n) is 24.8. The van der Waals surface area contributed by atoms with Gasteiger partial charge in [-0.15, -0.1) is 0 Å². The lowest BCUT2D eigenvalue weighted by Crippen LogP contribution is -2.49. The van der Waals surface area contributed by atoms with Crippen molar-refractivity contribution in [1.29, 1.82) is 0 Å². The molecular formula is C32H45N2O8P. The molecule has 1 saturated carbocycles. The maximum atomic E-state index is 13.7. The Kier molecular flexibility index (Phi) is 14.7. The van der Waals surface area contributed by atoms with Gasteiger partial charge in [0.25, 0.3) is 5.91 Å². The van der Waals surface area contributed by atoms with Crippen molar-refractivity contribution in [3.63, 3.8) is 0 Å². The number of carbonyl (C=O) groups excluding carboxylic acids is 2. The van der Waals surface area contributed by atoms with Crippen molar-refractivity contribution in [2.24, 2.45) is 0 Å². The third kappa shape index (κ3) is 13.3. The fourth-order valence-corrected chi connectivity index (χ4v) is 6.61. The van der Waals surface area contributed by atoms with Gasteiger partial charge in [-0.1, -0.05) is 79.9 Å². The van der Waals surface area contributed by atoms with Crippen LogP contribution in [0.25, 0.3) is 0 Å². The number of aryl methyl sites for hydroxylation is 1. The lowest BCUT2D eigenvalue weighted by molar-refractivity contribution is -0.151. The topological polar surface area (TPSA) is 142 Å². The number of carbonyl (C=O) groups is 3.